The van der Waals surface area contributed by atoms with Gasteiger partial charge in [-0.05, 0) is 32.7 Å². The van der Waals surface area contributed by atoms with Crippen molar-refractivity contribution in [3.8, 4) is 0 Å². The summed E-state index contributed by atoms with van der Waals surface area (Å²) in [5, 5.41) is 17.9. The maximum Gasteiger partial charge on any atom is 0.180 e. The number of nitrogens with one attached hydrogen (secondary N) is 1. The minimum atomic E-state index is 0.819. The molecule has 0 bridgehead atoms. The zero-order valence-corrected chi connectivity index (χ0v) is 11.9. The monoisotopic (exact) mass is 269 g/mol. The van der Waals surface area contributed by atoms with Crippen molar-refractivity contribution in [3.63, 3.8) is 0 Å². The Labute approximate surface area is 109 Å². The highest BCUT2D eigenvalue weighted by molar-refractivity contribution is 8.01. The van der Waals surface area contributed by atoms with Crippen LogP contribution in [0.15, 0.2) is 9.37 Å². The molecule has 0 saturated carbocycles. The van der Waals surface area contributed by atoms with Gasteiger partial charge < -0.3 is 5.32 Å². The zero-order valence-electron chi connectivity index (χ0n) is 10.3. The molecule has 0 atom stereocenters. The SMILES string of the molecule is CNCc1c(C)nn(C)c1Sc1nnc(C)s1. The Hall–Kier alpha value is -0.920. The summed E-state index contributed by atoms with van der Waals surface area (Å²) in [6.07, 6.45) is 0. The molecule has 2 aromatic rings. The molecule has 0 aliphatic rings. The third kappa shape index (κ3) is 2.67. The Balaban J connectivity index is 2.31. The third-order valence-corrected chi connectivity index (χ3v) is 4.43. The largest absolute Gasteiger partial charge is 0.316 e. The van der Waals surface area contributed by atoms with Crippen molar-refractivity contribution in [1.82, 2.24) is 25.3 Å². The first-order chi connectivity index (χ1) is 8.11. The molecule has 2 heterocycles. The summed E-state index contributed by atoms with van der Waals surface area (Å²) in [6, 6.07) is 0. The fraction of sp³-hybridized carbons (Fsp3) is 0.500. The van der Waals surface area contributed by atoms with Gasteiger partial charge in [-0.3, -0.25) is 4.68 Å². The lowest BCUT2D eigenvalue weighted by molar-refractivity contribution is 0.683. The van der Waals surface area contributed by atoms with Crippen LogP contribution in [0.4, 0.5) is 0 Å². The second-order valence-corrected chi connectivity index (χ2v) is 6.13. The summed E-state index contributed by atoms with van der Waals surface area (Å²) < 4.78 is 2.87. The van der Waals surface area contributed by atoms with E-state index in [4.69, 9.17) is 0 Å². The van der Waals surface area contributed by atoms with Crippen LogP contribution in [0.2, 0.25) is 0 Å². The Kier molecular flexibility index (Phi) is 3.80. The van der Waals surface area contributed by atoms with Gasteiger partial charge in [0.05, 0.1) is 5.69 Å². The average molecular weight is 269 g/mol. The highest BCUT2D eigenvalue weighted by atomic mass is 32.2. The molecular weight excluding hydrogens is 254 g/mol. The molecule has 2 aromatic heterocycles. The van der Waals surface area contributed by atoms with Gasteiger partial charge >= 0.3 is 0 Å². The van der Waals surface area contributed by atoms with Crippen molar-refractivity contribution in [1.29, 1.82) is 0 Å². The number of nitrogens with zero attached hydrogens (tertiary/aromatic N) is 4. The van der Waals surface area contributed by atoms with E-state index in [0.29, 0.717) is 0 Å². The Morgan fingerprint density at radius 3 is 2.71 bits per heavy atom. The van der Waals surface area contributed by atoms with Crippen LogP contribution < -0.4 is 5.32 Å². The topological polar surface area (TPSA) is 55.6 Å². The molecule has 92 valence electrons. The molecule has 0 saturated heterocycles. The molecule has 0 radical (unpaired) electrons. The van der Waals surface area contributed by atoms with Crippen molar-refractivity contribution >= 4 is 23.1 Å². The summed E-state index contributed by atoms with van der Waals surface area (Å²) in [5.41, 5.74) is 2.29. The van der Waals surface area contributed by atoms with Gasteiger partial charge in [-0.2, -0.15) is 5.10 Å². The quantitative estimate of drug-likeness (QED) is 0.916. The molecule has 0 amide bonds. The van der Waals surface area contributed by atoms with Gasteiger partial charge in [-0.15, -0.1) is 10.2 Å². The molecule has 0 unspecified atom stereocenters. The van der Waals surface area contributed by atoms with Crippen LogP contribution in [0.25, 0.3) is 0 Å². The fourth-order valence-electron chi connectivity index (χ4n) is 1.59. The number of aromatic nitrogens is 4. The molecule has 0 aromatic carbocycles. The first-order valence-electron chi connectivity index (χ1n) is 5.27. The van der Waals surface area contributed by atoms with Gasteiger partial charge in [0, 0.05) is 19.2 Å². The predicted octanol–water partition coefficient (Wildman–Crippen LogP) is 1.76. The number of hydrogen-bond donors (Lipinski definition) is 1. The minimum absolute atomic E-state index is 0.819. The smallest absolute Gasteiger partial charge is 0.180 e. The lowest BCUT2D eigenvalue weighted by atomic mass is 10.3. The van der Waals surface area contributed by atoms with Crippen LogP contribution >= 0.6 is 23.1 Å². The van der Waals surface area contributed by atoms with E-state index in [-0.39, 0.29) is 0 Å². The van der Waals surface area contributed by atoms with Crippen molar-refractivity contribution in [2.75, 3.05) is 7.05 Å². The van der Waals surface area contributed by atoms with E-state index in [2.05, 4.69) is 20.6 Å². The maximum absolute atomic E-state index is 4.44. The Morgan fingerprint density at radius 2 is 2.12 bits per heavy atom. The van der Waals surface area contributed by atoms with Gasteiger partial charge in [0.25, 0.3) is 0 Å². The fourth-order valence-corrected chi connectivity index (χ4v) is 3.54. The highest BCUT2D eigenvalue weighted by Crippen LogP contribution is 2.33. The van der Waals surface area contributed by atoms with Crippen LogP contribution in [0.5, 0.6) is 0 Å². The summed E-state index contributed by atoms with van der Waals surface area (Å²) in [7, 11) is 3.90. The van der Waals surface area contributed by atoms with Crippen LogP contribution in [0.3, 0.4) is 0 Å². The van der Waals surface area contributed by atoms with E-state index < -0.39 is 0 Å². The maximum atomic E-state index is 4.44. The molecule has 0 fully saturated rings. The standard InChI is InChI=1S/C10H15N5S2/c1-6-8(5-11-3)9(15(4)14-6)17-10-13-12-7(2)16-10/h11H,5H2,1-4H3. The van der Waals surface area contributed by atoms with E-state index in [1.165, 1.54) is 5.56 Å². The normalized spacial score (nSPS) is 11.1. The van der Waals surface area contributed by atoms with Crippen molar-refractivity contribution in [2.45, 2.75) is 29.8 Å². The first-order valence-corrected chi connectivity index (χ1v) is 6.90. The lowest BCUT2D eigenvalue weighted by Crippen LogP contribution is -2.06. The molecule has 0 spiro atoms. The molecule has 0 aliphatic heterocycles. The molecule has 1 N–H and O–H groups in total. The van der Waals surface area contributed by atoms with E-state index in [1.807, 2.05) is 32.6 Å². The molecule has 5 nitrogen and oxygen atoms in total. The number of rotatable bonds is 4. The summed E-state index contributed by atoms with van der Waals surface area (Å²) >= 11 is 3.23. The van der Waals surface area contributed by atoms with E-state index >= 15 is 0 Å². The predicted molar refractivity (Wildman–Crippen MR) is 69.5 cm³/mol. The van der Waals surface area contributed by atoms with Crippen molar-refractivity contribution in [2.24, 2.45) is 7.05 Å². The summed E-state index contributed by atoms with van der Waals surface area (Å²) in [4.78, 5) is 0. The summed E-state index contributed by atoms with van der Waals surface area (Å²) in [5.74, 6) is 0. The average Bonchev–Trinajstić information content (AvgIpc) is 2.78. The van der Waals surface area contributed by atoms with Gasteiger partial charge in [0.1, 0.15) is 10.0 Å². The van der Waals surface area contributed by atoms with Crippen LogP contribution in [-0.2, 0) is 13.6 Å². The van der Waals surface area contributed by atoms with Crippen LogP contribution in [0, 0.1) is 13.8 Å². The van der Waals surface area contributed by atoms with E-state index in [9.17, 15) is 0 Å². The molecule has 2 rings (SSSR count). The molecule has 7 heteroatoms. The van der Waals surface area contributed by atoms with Gasteiger partial charge in [0.2, 0.25) is 0 Å². The number of aryl methyl sites for hydroxylation is 3. The molecule has 0 aliphatic carbocycles. The zero-order chi connectivity index (χ0) is 12.4. The van der Waals surface area contributed by atoms with Crippen molar-refractivity contribution < 1.29 is 0 Å². The number of hydrogen-bond acceptors (Lipinski definition) is 6. The van der Waals surface area contributed by atoms with Gasteiger partial charge in [0.15, 0.2) is 4.34 Å². The lowest BCUT2D eigenvalue weighted by Gasteiger charge is -2.03. The van der Waals surface area contributed by atoms with Crippen LogP contribution in [0.1, 0.15) is 16.3 Å². The van der Waals surface area contributed by atoms with E-state index in [0.717, 1.165) is 26.6 Å². The van der Waals surface area contributed by atoms with Crippen molar-refractivity contribution in [3.05, 3.63) is 16.3 Å². The van der Waals surface area contributed by atoms with Gasteiger partial charge in [-0.1, -0.05) is 11.3 Å². The molecule has 17 heavy (non-hydrogen) atoms. The Morgan fingerprint density at radius 1 is 1.35 bits per heavy atom. The molecular formula is C10H15N5S2. The second kappa shape index (κ2) is 5.16. The second-order valence-electron chi connectivity index (χ2n) is 3.71. The highest BCUT2D eigenvalue weighted by Gasteiger charge is 2.15. The van der Waals surface area contributed by atoms with Gasteiger partial charge in [-0.25, -0.2) is 0 Å². The third-order valence-electron chi connectivity index (χ3n) is 2.33. The first kappa shape index (κ1) is 12.5. The Bertz CT molecular complexity index is 517. The minimum Gasteiger partial charge on any atom is -0.316 e. The van der Waals surface area contributed by atoms with Crippen LogP contribution in [-0.4, -0.2) is 27.0 Å². The van der Waals surface area contributed by atoms with E-state index in [1.54, 1.807) is 23.1 Å². The summed E-state index contributed by atoms with van der Waals surface area (Å²) in [6.45, 7) is 4.81.